The summed E-state index contributed by atoms with van der Waals surface area (Å²) in [6.07, 6.45) is 1.54. The zero-order valence-electron chi connectivity index (χ0n) is 10.0. The van der Waals surface area contributed by atoms with Crippen molar-refractivity contribution in [2.24, 2.45) is 4.40 Å². The largest absolute Gasteiger partial charge is 0.286 e. The first kappa shape index (κ1) is 13.8. The number of rotatable bonds is 4. The van der Waals surface area contributed by atoms with Crippen LogP contribution >= 0.6 is 11.8 Å². The molecule has 0 unspecified atom stereocenters. The summed E-state index contributed by atoms with van der Waals surface area (Å²) in [5, 5.41) is 0.203. The van der Waals surface area contributed by atoms with Crippen molar-refractivity contribution in [2.45, 2.75) is 4.90 Å². The second-order valence-corrected chi connectivity index (χ2v) is 6.29. The molecule has 0 spiro atoms. The second kappa shape index (κ2) is 5.58. The highest BCUT2D eigenvalue weighted by molar-refractivity contribution is 8.15. The fraction of sp³-hybridized carbons (Fsp3) is 0.167. The third kappa shape index (κ3) is 3.05. The van der Waals surface area contributed by atoms with Crippen LogP contribution in [0.4, 0.5) is 0 Å². The molecule has 0 radical (unpaired) electrons. The first-order valence-corrected chi connectivity index (χ1v) is 7.91. The Balaban J connectivity index is 2.35. The van der Waals surface area contributed by atoms with Crippen molar-refractivity contribution in [3.05, 3.63) is 43.0 Å². The molecular formula is C12H12N2O3S2. The standard InChI is InChI=1S/C12H12N2O3S2/c1-2-8-14-11(15)9-18-12(14)13-19(16,17)10-6-4-3-5-7-10/h2-7H,1,8-9H2. The Labute approximate surface area is 116 Å². The van der Waals surface area contributed by atoms with Crippen molar-refractivity contribution in [3.8, 4) is 0 Å². The van der Waals surface area contributed by atoms with Crippen LogP contribution in [0.1, 0.15) is 0 Å². The molecule has 1 heterocycles. The summed E-state index contributed by atoms with van der Waals surface area (Å²) in [6, 6.07) is 7.92. The van der Waals surface area contributed by atoms with Crippen molar-refractivity contribution in [3.63, 3.8) is 0 Å². The molecule has 2 rings (SSSR count). The van der Waals surface area contributed by atoms with Crippen LogP contribution in [0.3, 0.4) is 0 Å². The van der Waals surface area contributed by atoms with Crippen molar-refractivity contribution < 1.29 is 13.2 Å². The van der Waals surface area contributed by atoms with Crippen LogP contribution in [0.2, 0.25) is 0 Å². The summed E-state index contributed by atoms with van der Waals surface area (Å²) >= 11 is 1.12. The number of carbonyl (C=O) groups excluding carboxylic acids is 1. The van der Waals surface area contributed by atoms with E-state index in [1.54, 1.807) is 18.2 Å². The maximum absolute atomic E-state index is 12.1. The molecule has 1 amide bonds. The van der Waals surface area contributed by atoms with Gasteiger partial charge in [-0.1, -0.05) is 36.0 Å². The molecule has 1 saturated heterocycles. The number of hydrogen-bond acceptors (Lipinski definition) is 4. The molecule has 0 bridgehead atoms. The lowest BCUT2D eigenvalue weighted by Crippen LogP contribution is -2.30. The molecule has 1 aliphatic rings. The molecule has 0 aromatic heterocycles. The van der Waals surface area contributed by atoms with Crippen LogP contribution in [0.5, 0.6) is 0 Å². The third-order valence-corrected chi connectivity index (χ3v) is 4.77. The van der Waals surface area contributed by atoms with Crippen LogP contribution in [-0.2, 0) is 14.8 Å². The van der Waals surface area contributed by atoms with Gasteiger partial charge >= 0.3 is 0 Å². The summed E-state index contributed by atoms with van der Waals surface area (Å²) in [6.45, 7) is 3.80. The number of sulfonamides is 1. The molecule has 0 aliphatic carbocycles. The van der Waals surface area contributed by atoms with Crippen molar-refractivity contribution in [1.29, 1.82) is 0 Å². The molecule has 1 aromatic rings. The minimum Gasteiger partial charge on any atom is -0.286 e. The number of amides is 1. The van der Waals surface area contributed by atoms with E-state index in [2.05, 4.69) is 11.0 Å². The SMILES string of the molecule is C=CCN1C(=O)CSC1=NS(=O)(=O)c1ccccc1. The number of amidine groups is 1. The van der Waals surface area contributed by atoms with Crippen LogP contribution in [-0.4, -0.2) is 36.7 Å². The maximum Gasteiger partial charge on any atom is 0.284 e. The number of nitrogens with zero attached hydrogens (tertiary/aromatic N) is 2. The van der Waals surface area contributed by atoms with E-state index in [1.165, 1.54) is 23.1 Å². The van der Waals surface area contributed by atoms with E-state index in [-0.39, 0.29) is 28.3 Å². The van der Waals surface area contributed by atoms with E-state index in [0.717, 1.165) is 11.8 Å². The smallest absolute Gasteiger partial charge is 0.284 e. The van der Waals surface area contributed by atoms with Gasteiger partial charge in [-0.05, 0) is 12.1 Å². The predicted molar refractivity (Wildman–Crippen MR) is 75.4 cm³/mol. The lowest BCUT2D eigenvalue weighted by atomic mass is 10.4. The van der Waals surface area contributed by atoms with Gasteiger partial charge in [-0.15, -0.1) is 11.0 Å². The molecule has 5 nitrogen and oxygen atoms in total. The Hall–Kier alpha value is -1.60. The van der Waals surface area contributed by atoms with Gasteiger partial charge in [0.1, 0.15) is 0 Å². The second-order valence-electron chi connectivity index (χ2n) is 3.74. The van der Waals surface area contributed by atoms with E-state index in [9.17, 15) is 13.2 Å². The normalized spacial score (nSPS) is 18.0. The van der Waals surface area contributed by atoms with Crippen LogP contribution in [0.25, 0.3) is 0 Å². The highest BCUT2D eigenvalue weighted by Crippen LogP contribution is 2.22. The minimum absolute atomic E-state index is 0.112. The topological polar surface area (TPSA) is 66.8 Å². The van der Waals surface area contributed by atoms with Gasteiger partial charge in [0.25, 0.3) is 10.0 Å². The zero-order chi connectivity index (χ0) is 13.9. The molecule has 1 aliphatic heterocycles. The average Bonchev–Trinajstić information content (AvgIpc) is 2.73. The van der Waals surface area contributed by atoms with Crippen molar-refractivity contribution in [1.82, 2.24) is 4.90 Å². The molecule has 1 fully saturated rings. The molecule has 0 atom stereocenters. The Morgan fingerprint density at radius 2 is 2.05 bits per heavy atom. The average molecular weight is 296 g/mol. The van der Waals surface area contributed by atoms with Gasteiger partial charge in [-0.2, -0.15) is 8.42 Å². The van der Waals surface area contributed by atoms with Crippen LogP contribution in [0, 0.1) is 0 Å². The number of benzene rings is 1. The van der Waals surface area contributed by atoms with E-state index < -0.39 is 10.0 Å². The highest BCUT2D eigenvalue weighted by atomic mass is 32.2. The number of thioether (sulfide) groups is 1. The molecule has 1 aromatic carbocycles. The lowest BCUT2D eigenvalue weighted by Gasteiger charge is -2.12. The third-order valence-electron chi connectivity index (χ3n) is 2.41. The predicted octanol–water partition coefficient (Wildman–Crippen LogP) is 1.49. The fourth-order valence-corrected chi connectivity index (χ4v) is 3.68. The van der Waals surface area contributed by atoms with Crippen LogP contribution < -0.4 is 0 Å². The van der Waals surface area contributed by atoms with E-state index in [0.29, 0.717) is 0 Å². The Morgan fingerprint density at radius 1 is 1.37 bits per heavy atom. The Kier molecular flexibility index (Phi) is 4.06. The molecule has 0 saturated carbocycles. The lowest BCUT2D eigenvalue weighted by molar-refractivity contribution is -0.123. The van der Waals surface area contributed by atoms with E-state index in [4.69, 9.17) is 0 Å². The highest BCUT2D eigenvalue weighted by Gasteiger charge is 2.29. The fourth-order valence-electron chi connectivity index (χ4n) is 1.52. The summed E-state index contributed by atoms with van der Waals surface area (Å²) in [5.41, 5.74) is 0. The van der Waals surface area contributed by atoms with Gasteiger partial charge < -0.3 is 0 Å². The first-order valence-electron chi connectivity index (χ1n) is 5.48. The van der Waals surface area contributed by atoms with Gasteiger partial charge in [0.15, 0.2) is 5.17 Å². The van der Waals surface area contributed by atoms with Crippen molar-refractivity contribution >= 4 is 32.9 Å². The molecule has 100 valence electrons. The Bertz CT molecular complexity index is 624. The van der Waals surface area contributed by atoms with E-state index in [1.807, 2.05) is 0 Å². The zero-order valence-corrected chi connectivity index (χ0v) is 11.7. The molecule has 19 heavy (non-hydrogen) atoms. The Morgan fingerprint density at radius 3 is 2.68 bits per heavy atom. The monoisotopic (exact) mass is 296 g/mol. The minimum atomic E-state index is -3.78. The van der Waals surface area contributed by atoms with Crippen LogP contribution in [0.15, 0.2) is 52.3 Å². The summed E-state index contributed by atoms with van der Waals surface area (Å²) in [7, 11) is -3.78. The van der Waals surface area contributed by atoms with Gasteiger partial charge in [-0.25, -0.2) is 0 Å². The molecule has 0 N–H and O–H groups in total. The van der Waals surface area contributed by atoms with Crippen molar-refractivity contribution in [2.75, 3.05) is 12.3 Å². The molecular weight excluding hydrogens is 284 g/mol. The van der Waals surface area contributed by atoms with Gasteiger partial charge in [0.05, 0.1) is 10.6 Å². The summed E-state index contributed by atoms with van der Waals surface area (Å²) < 4.78 is 27.9. The number of carbonyl (C=O) groups is 1. The van der Waals surface area contributed by atoms with Gasteiger partial charge in [0, 0.05) is 6.54 Å². The van der Waals surface area contributed by atoms with E-state index >= 15 is 0 Å². The number of hydrogen-bond donors (Lipinski definition) is 0. The maximum atomic E-state index is 12.1. The molecule has 7 heteroatoms. The summed E-state index contributed by atoms with van der Waals surface area (Å²) in [4.78, 5) is 13.0. The first-order chi connectivity index (χ1) is 9.04. The quantitative estimate of drug-likeness (QED) is 0.790. The summed E-state index contributed by atoms with van der Waals surface area (Å²) in [5.74, 6) is 0.0451. The van der Waals surface area contributed by atoms with Gasteiger partial charge in [0.2, 0.25) is 5.91 Å². The van der Waals surface area contributed by atoms with Gasteiger partial charge in [-0.3, -0.25) is 9.69 Å².